The largest absolute Gasteiger partial charge is 0.450 e. The first-order valence-corrected chi connectivity index (χ1v) is 10.1. The number of hydrogen-bond acceptors (Lipinski definition) is 5. The first kappa shape index (κ1) is 20.2. The first-order chi connectivity index (χ1) is 12.2. The first-order valence-electron chi connectivity index (χ1n) is 8.58. The molecule has 1 aromatic rings. The molecule has 1 aliphatic heterocycles. The molecule has 9 heteroatoms. The molecule has 26 heavy (non-hydrogen) atoms. The Labute approximate surface area is 154 Å². The molecular weight excluding hydrogens is 358 g/mol. The maximum atomic E-state index is 12.7. The Morgan fingerprint density at radius 3 is 2.35 bits per heavy atom. The summed E-state index contributed by atoms with van der Waals surface area (Å²) in [5.74, 6) is -0.255. The molecule has 0 bridgehead atoms. The van der Waals surface area contributed by atoms with Crippen LogP contribution in [0.4, 0.5) is 4.79 Å². The van der Waals surface area contributed by atoms with Crippen molar-refractivity contribution in [2.75, 3.05) is 32.8 Å². The van der Waals surface area contributed by atoms with Crippen LogP contribution >= 0.6 is 0 Å². The summed E-state index contributed by atoms with van der Waals surface area (Å²) < 4.78 is 32.0. The standard InChI is InChI=1S/C17H25N3O5S/c1-4-25-17(22)20-10-8-19(9-11-20)16(21)14-6-5-7-15(12-14)26(23,24)18-13(2)3/h5-7,12-13,18H,4,8-11H2,1-3H3. The van der Waals surface area contributed by atoms with Crippen molar-refractivity contribution in [3.63, 3.8) is 0 Å². The molecule has 1 heterocycles. The monoisotopic (exact) mass is 383 g/mol. The predicted octanol–water partition coefficient (Wildman–Crippen LogP) is 1.29. The van der Waals surface area contributed by atoms with Crippen molar-refractivity contribution in [1.82, 2.24) is 14.5 Å². The van der Waals surface area contributed by atoms with Crippen molar-refractivity contribution in [3.05, 3.63) is 29.8 Å². The number of ether oxygens (including phenoxy) is 1. The Balaban J connectivity index is 2.07. The van der Waals surface area contributed by atoms with Gasteiger partial charge < -0.3 is 14.5 Å². The van der Waals surface area contributed by atoms with Gasteiger partial charge >= 0.3 is 6.09 Å². The van der Waals surface area contributed by atoms with E-state index in [1.165, 1.54) is 12.1 Å². The van der Waals surface area contributed by atoms with E-state index in [2.05, 4.69) is 4.72 Å². The molecule has 0 atom stereocenters. The second-order valence-corrected chi connectivity index (χ2v) is 8.00. The summed E-state index contributed by atoms with van der Waals surface area (Å²) in [6, 6.07) is 5.74. The number of nitrogens with zero attached hydrogens (tertiary/aromatic N) is 2. The number of piperazine rings is 1. The topological polar surface area (TPSA) is 96.0 Å². The quantitative estimate of drug-likeness (QED) is 0.826. The van der Waals surface area contributed by atoms with Crippen LogP contribution in [-0.4, -0.2) is 69.0 Å². The molecule has 1 N–H and O–H groups in total. The highest BCUT2D eigenvalue weighted by atomic mass is 32.2. The van der Waals surface area contributed by atoms with Crippen LogP contribution in [0.15, 0.2) is 29.2 Å². The predicted molar refractivity (Wildman–Crippen MR) is 96.4 cm³/mol. The maximum Gasteiger partial charge on any atom is 0.409 e. The molecule has 144 valence electrons. The molecule has 0 radical (unpaired) electrons. The normalized spacial score (nSPS) is 15.2. The molecule has 1 aliphatic rings. The van der Waals surface area contributed by atoms with Crippen LogP contribution in [0.1, 0.15) is 31.1 Å². The lowest BCUT2D eigenvalue weighted by atomic mass is 10.2. The average Bonchev–Trinajstić information content (AvgIpc) is 2.60. The number of sulfonamides is 1. The molecule has 2 amide bonds. The molecule has 1 saturated heterocycles. The SMILES string of the molecule is CCOC(=O)N1CCN(C(=O)c2cccc(S(=O)(=O)NC(C)C)c2)CC1. The van der Waals surface area contributed by atoms with Gasteiger partial charge in [-0.25, -0.2) is 17.9 Å². The summed E-state index contributed by atoms with van der Waals surface area (Å²) in [5.41, 5.74) is 0.307. The fourth-order valence-electron chi connectivity index (χ4n) is 2.66. The van der Waals surface area contributed by atoms with E-state index < -0.39 is 10.0 Å². The molecule has 8 nitrogen and oxygen atoms in total. The minimum atomic E-state index is -3.66. The summed E-state index contributed by atoms with van der Waals surface area (Å²) in [5, 5.41) is 0. The number of rotatable bonds is 5. The van der Waals surface area contributed by atoms with Crippen molar-refractivity contribution in [1.29, 1.82) is 0 Å². The highest BCUT2D eigenvalue weighted by molar-refractivity contribution is 7.89. The lowest BCUT2D eigenvalue weighted by molar-refractivity contribution is 0.0570. The molecule has 1 aromatic carbocycles. The van der Waals surface area contributed by atoms with Crippen molar-refractivity contribution < 1.29 is 22.7 Å². The minimum Gasteiger partial charge on any atom is -0.450 e. The second-order valence-electron chi connectivity index (χ2n) is 6.28. The van der Waals surface area contributed by atoms with Crippen LogP contribution in [0.3, 0.4) is 0 Å². The number of amides is 2. The molecule has 2 rings (SSSR count). The van der Waals surface area contributed by atoms with Gasteiger partial charge in [0.2, 0.25) is 10.0 Å². The minimum absolute atomic E-state index is 0.0576. The zero-order valence-electron chi connectivity index (χ0n) is 15.3. The van der Waals surface area contributed by atoms with Crippen molar-refractivity contribution in [2.24, 2.45) is 0 Å². The summed E-state index contributed by atoms with van der Waals surface area (Å²) in [6.45, 7) is 7.04. The van der Waals surface area contributed by atoms with Gasteiger partial charge in [0, 0.05) is 37.8 Å². The molecule has 0 aliphatic carbocycles. The van der Waals surface area contributed by atoms with Gasteiger partial charge in [-0.3, -0.25) is 4.79 Å². The number of benzene rings is 1. The third kappa shape index (κ3) is 4.95. The van der Waals surface area contributed by atoms with Gasteiger partial charge in [-0.1, -0.05) is 6.07 Å². The number of hydrogen-bond donors (Lipinski definition) is 1. The van der Waals surface area contributed by atoms with Gasteiger partial charge in [0.15, 0.2) is 0 Å². The van der Waals surface area contributed by atoms with Crippen LogP contribution in [0.25, 0.3) is 0 Å². The van der Waals surface area contributed by atoms with Gasteiger partial charge in [-0.15, -0.1) is 0 Å². The molecule has 0 saturated carbocycles. The van der Waals surface area contributed by atoms with Crippen LogP contribution < -0.4 is 4.72 Å². The van der Waals surface area contributed by atoms with E-state index in [9.17, 15) is 18.0 Å². The molecule has 0 aromatic heterocycles. The molecule has 1 fully saturated rings. The highest BCUT2D eigenvalue weighted by Gasteiger charge is 2.26. The van der Waals surface area contributed by atoms with E-state index in [1.807, 2.05) is 0 Å². The van der Waals surface area contributed by atoms with Crippen LogP contribution in [0.5, 0.6) is 0 Å². The fraction of sp³-hybridized carbons (Fsp3) is 0.529. The van der Waals surface area contributed by atoms with Gasteiger partial charge in [0.25, 0.3) is 5.91 Å². The fourth-order valence-corrected chi connectivity index (χ4v) is 3.96. The maximum absolute atomic E-state index is 12.7. The number of nitrogens with one attached hydrogen (secondary N) is 1. The lowest BCUT2D eigenvalue weighted by Gasteiger charge is -2.34. The van der Waals surface area contributed by atoms with E-state index in [-0.39, 0.29) is 22.9 Å². The van der Waals surface area contributed by atoms with Crippen LogP contribution in [-0.2, 0) is 14.8 Å². The van der Waals surface area contributed by atoms with E-state index in [1.54, 1.807) is 42.7 Å². The second kappa shape index (κ2) is 8.50. The third-order valence-corrected chi connectivity index (χ3v) is 5.53. The van der Waals surface area contributed by atoms with Crippen LogP contribution in [0.2, 0.25) is 0 Å². The molecule has 0 spiro atoms. The van der Waals surface area contributed by atoms with E-state index in [4.69, 9.17) is 4.74 Å². The third-order valence-electron chi connectivity index (χ3n) is 3.88. The number of carbonyl (C=O) groups is 2. The zero-order valence-corrected chi connectivity index (χ0v) is 16.1. The van der Waals surface area contributed by atoms with Gasteiger partial charge in [-0.2, -0.15) is 0 Å². The smallest absolute Gasteiger partial charge is 0.409 e. The van der Waals surface area contributed by atoms with E-state index in [0.717, 1.165) is 0 Å². The number of carbonyl (C=O) groups excluding carboxylic acids is 2. The summed E-state index contributed by atoms with van der Waals surface area (Å²) in [4.78, 5) is 27.6. The van der Waals surface area contributed by atoms with Gasteiger partial charge in [0.05, 0.1) is 11.5 Å². The van der Waals surface area contributed by atoms with Crippen LogP contribution in [0, 0.1) is 0 Å². The average molecular weight is 383 g/mol. The van der Waals surface area contributed by atoms with Crippen molar-refractivity contribution in [3.8, 4) is 0 Å². The Bertz CT molecular complexity index is 755. The zero-order chi connectivity index (χ0) is 19.3. The highest BCUT2D eigenvalue weighted by Crippen LogP contribution is 2.15. The van der Waals surface area contributed by atoms with Gasteiger partial charge in [-0.05, 0) is 39.0 Å². The molecule has 0 unspecified atom stereocenters. The Morgan fingerprint density at radius 1 is 1.15 bits per heavy atom. The Kier molecular flexibility index (Phi) is 6.60. The summed E-state index contributed by atoms with van der Waals surface area (Å²) in [7, 11) is -3.66. The Hall–Kier alpha value is -2.13. The summed E-state index contributed by atoms with van der Waals surface area (Å²) in [6.07, 6.45) is -0.382. The van der Waals surface area contributed by atoms with E-state index in [0.29, 0.717) is 38.3 Å². The van der Waals surface area contributed by atoms with Crippen molar-refractivity contribution >= 4 is 22.0 Å². The molecular formula is C17H25N3O5S. The van der Waals surface area contributed by atoms with Crippen molar-refractivity contribution in [2.45, 2.75) is 31.7 Å². The Morgan fingerprint density at radius 2 is 1.77 bits per heavy atom. The van der Waals surface area contributed by atoms with Gasteiger partial charge in [0.1, 0.15) is 0 Å². The summed E-state index contributed by atoms with van der Waals surface area (Å²) >= 11 is 0. The lowest BCUT2D eigenvalue weighted by Crippen LogP contribution is -2.50. The van der Waals surface area contributed by atoms with E-state index >= 15 is 0 Å².